The zero-order valence-corrected chi connectivity index (χ0v) is 7.37. The highest BCUT2D eigenvalue weighted by molar-refractivity contribution is 5.02. The molecule has 0 spiro atoms. The highest BCUT2D eigenvalue weighted by Crippen LogP contribution is 2.47. The predicted octanol–water partition coefficient (Wildman–Crippen LogP) is 1.51. The zero-order chi connectivity index (χ0) is 7.97. The lowest BCUT2D eigenvalue weighted by molar-refractivity contribution is 0.232. The van der Waals surface area contributed by atoms with Crippen LogP contribution in [0.4, 0.5) is 0 Å². The summed E-state index contributed by atoms with van der Waals surface area (Å²) in [6.07, 6.45) is 10.2. The lowest BCUT2D eigenvalue weighted by atomic mass is 10.1. The third-order valence-electron chi connectivity index (χ3n) is 3.25. The van der Waals surface area contributed by atoms with Gasteiger partial charge in [-0.2, -0.15) is 0 Å². The summed E-state index contributed by atoms with van der Waals surface area (Å²) in [4.78, 5) is 2.51. The molecule has 0 aromatic carbocycles. The van der Waals surface area contributed by atoms with Crippen LogP contribution in [0.15, 0.2) is 12.4 Å². The summed E-state index contributed by atoms with van der Waals surface area (Å²) in [5.74, 6) is 2.06. The van der Waals surface area contributed by atoms with Gasteiger partial charge in [0, 0.05) is 18.4 Å². The van der Waals surface area contributed by atoms with Gasteiger partial charge in [0.1, 0.15) is 0 Å². The maximum Gasteiger partial charge on any atom is 0.0870 e. The molecule has 0 aromatic rings. The van der Waals surface area contributed by atoms with Gasteiger partial charge in [-0.05, 0) is 37.5 Å². The molecular weight excluding hydrogens is 148 g/mol. The monoisotopic (exact) mass is 164 g/mol. The van der Waals surface area contributed by atoms with Crippen LogP contribution in [-0.4, -0.2) is 17.6 Å². The topological polar surface area (TPSA) is 15.3 Å². The molecule has 0 unspecified atom stereocenters. The fourth-order valence-electron chi connectivity index (χ4n) is 2.37. The molecule has 0 saturated heterocycles. The minimum Gasteiger partial charge on any atom is -0.373 e. The number of hydrogen-bond acceptors (Lipinski definition) is 2. The molecule has 0 radical (unpaired) electrons. The van der Waals surface area contributed by atoms with Gasteiger partial charge in [0.2, 0.25) is 0 Å². The van der Waals surface area contributed by atoms with Gasteiger partial charge in [-0.3, -0.25) is 0 Å². The summed E-state index contributed by atoms with van der Waals surface area (Å²) in [5, 5.41) is 3.26. The Bertz CT molecular complexity index is 192. The molecule has 0 amide bonds. The lowest BCUT2D eigenvalue weighted by Crippen LogP contribution is -2.35. The van der Waals surface area contributed by atoms with Crippen LogP contribution in [0.3, 0.4) is 0 Å². The van der Waals surface area contributed by atoms with Crippen LogP contribution in [0.2, 0.25) is 0 Å². The van der Waals surface area contributed by atoms with Gasteiger partial charge >= 0.3 is 0 Å². The third kappa shape index (κ3) is 1.10. The second kappa shape index (κ2) is 2.41. The first-order chi connectivity index (χ1) is 5.95. The highest BCUT2D eigenvalue weighted by atomic mass is 15.3. The molecule has 2 fully saturated rings. The smallest absolute Gasteiger partial charge is 0.0870 e. The summed E-state index contributed by atoms with van der Waals surface area (Å²) >= 11 is 0. The van der Waals surface area contributed by atoms with Gasteiger partial charge in [0.15, 0.2) is 0 Å². The van der Waals surface area contributed by atoms with Gasteiger partial charge in [-0.25, -0.2) is 0 Å². The van der Waals surface area contributed by atoms with E-state index in [0.717, 1.165) is 24.5 Å². The van der Waals surface area contributed by atoms with Crippen LogP contribution in [0.25, 0.3) is 0 Å². The maximum absolute atomic E-state index is 3.26. The summed E-state index contributed by atoms with van der Waals surface area (Å²) < 4.78 is 0. The van der Waals surface area contributed by atoms with Gasteiger partial charge in [0.25, 0.3) is 0 Å². The van der Waals surface area contributed by atoms with Gasteiger partial charge in [-0.15, -0.1) is 0 Å². The van der Waals surface area contributed by atoms with Gasteiger partial charge in [-0.1, -0.05) is 0 Å². The number of hydrogen-bond donors (Lipinski definition) is 1. The largest absolute Gasteiger partial charge is 0.373 e. The van der Waals surface area contributed by atoms with E-state index >= 15 is 0 Å². The van der Waals surface area contributed by atoms with E-state index in [1.54, 1.807) is 0 Å². The third-order valence-corrected chi connectivity index (χ3v) is 3.25. The molecule has 2 heteroatoms. The summed E-state index contributed by atoms with van der Waals surface area (Å²) in [6, 6.07) is 0.885. The van der Waals surface area contributed by atoms with Crippen LogP contribution >= 0.6 is 0 Å². The van der Waals surface area contributed by atoms with Gasteiger partial charge < -0.3 is 10.2 Å². The average molecular weight is 164 g/mol. The van der Waals surface area contributed by atoms with Crippen molar-refractivity contribution in [2.75, 3.05) is 6.67 Å². The van der Waals surface area contributed by atoms with Crippen molar-refractivity contribution in [1.29, 1.82) is 0 Å². The Morgan fingerprint density at radius 1 is 1.17 bits per heavy atom. The maximum atomic E-state index is 3.26. The van der Waals surface area contributed by atoms with Crippen molar-refractivity contribution in [3.8, 4) is 0 Å². The molecule has 0 atom stereocenters. The van der Waals surface area contributed by atoms with Crippen molar-refractivity contribution < 1.29 is 0 Å². The Hall–Kier alpha value is -0.660. The Morgan fingerprint density at radius 2 is 1.83 bits per heavy atom. The molecule has 0 bridgehead atoms. The Labute approximate surface area is 73.6 Å². The molecule has 1 heterocycles. The van der Waals surface area contributed by atoms with Gasteiger partial charge in [0.05, 0.1) is 6.67 Å². The first-order valence-corrected chi connectivity index (χ1v) is 5.11. The normalized spacial score (nSPS) is 28.2. The average Bonchev–Trinajstić information content (AvgIpc) is 2.95. The molecule has 3 rings (SSSR count). The molecule has 2 aliphatic carbocycles. The van der Waals surface area contributed by atoms with Crippen molar-refractivity contribution in [2.24, 2.45) is 11.8 Å². The first-order valence-electron chi connectivity index (χ1n) is 5.11. The fourth-order valence-corrected chi connectivity index (χ4v) is 2.37. The first kappa shape index (κ1) is 6.81. The van der Waals surface area contributed by atoms with Crippen LogP contribution in [-0.2, 0) is 0 Å². The lowest BCUT2D eigenvalue weighted by Gasteiger charge is -2.27. The number of nitrogens with zero attached hydrogens (tertiary/aromatic N) is 1. The molecule has 2 saturated carbocycles. The number of nitrogens with one attached hydrogen (secondary N) is 1. The summed E-state index contributed by atoms with van der Waals surface area (Å²) in [7, 11) is 0. The Morgan fingerprint density at radius 3 is 2.25 bits per heavy atom. The second-order valence-corrected chi connectivity index (χ2v) is 4.36. The van der Waals surface area contributed by atoms with Crippen LogP contribution in [0.5, 0.6) is 0 Å². The quantitative estimate of drug-likeness (QED) is 0.680. The van der Waals surface area contributed by atoms with Crippen LogP contribution in [0, 0.1) is 11.8 Å². The van der Waals surface area contributed by atoms with Crippen molar-refractivity contribution in [1.82, 2.24) is 10.2 Å². The number of rotatable bonds is 3. The summed E-state index contributed by atoms with van der Waals surface area (Å²) in [6.45, 7) is 1.05. The van der Waals surface area contributed by atoms with E-state index in [4.69, 9.17) is 0 Å². The van der Waals surface area contributed by atoms with E-state index < -0.39 is 0 Å². The predicted molar refractivity (Wildman–Crippen MR) is 48.2 cm³/mol. The fraction of sp³-hybridized carbons (Fsp3) is 0.800. The van der Waals surface area contributed by atoms with E-state index in [1.165, 1.54) is 25.7 Å². The molecule has 2 nitrogen and oxygen atoms in total. The molecular formula is C10H16N2. The zero-order valence-electron chi connectivity index (χ0n) is 7.37. The van der Waals surface area contributed by atoms with Crippen LogP contribution in [0.1, 0.15) is 25.7 Å². The Kier molecular flexibility index (Phi) is 1.37. The second-order valence-electron chi connectivity index (χ2n) is 4.36. The van der Waals surface area contributed by atoms with E-state index in [2.05, 4.69) is 22.6 Å². The SMILES string of the molecule is C1=CN(C(C2CC2)C2CC2)CN1. The molecule has 0 aromatic heterocycles. The minimum absolute atomic E-state index is 0.885. The molecule has 1 N–H and O–H groups in total. The standard InChI is InChI=1S/C10H16N2/c1-2-8(1)10(9-3-4-9)12-6-5-11-7-12/h5-6,8-11H,1-4,7H2. The van der Waals surface area contributed by atoms with Crippen LogP contribution < -0.4 is 5.32 Å². The van der Waals surface area contributed by atoms with E-state index in [9.17, 15) is 0 Å². The van der Waals surface area contributed by atoms with Crippen molar-refractivity contribution in [3.63, 3.8) is 0 Å². The summed E-state index contributed by atoms with van der Waals surface area (Å²) in [5.41, 5.74) is 0. The van der Waals surface area contributed by atoms with Crippen molar-refractivity contribution >= 4 is 0 Å². The molecule has 1 aliphatic heterocycles. The van der Waals surface area contributed by atoms with E-state index in [0.29, 0.717) is 0 Å². The van der Waals surface area contributed by atoms with Crippen molar-refractivity contribution in [3.05, 3.63) is 12.4 Å². The molecule has 3 aliphatic rings. The molecule has 66 valence electrons. The van der Waals surface area contributed by atoms with E-state index in [1.807, 2.05) is 0 Å². The van der Waals surface area contributed by atoms with Crippen molar-refractivity contribution in [2.45, 2.75) is 31.7 Å². The van der Waals surface area contributed by atoms with E-state index in [-0.39, 0.29) is 0 Å². The Balaban J connectivity index is 1.71. The minimum atomic E-state index is 0.885. The molecule has 12 heavy (non-hydrogen) atoms. The highest BCUT2D eigenvalue weighted by Gasteiger charge is 2.44.